The van der Waals surface area contributed by atoms with Gasteiger partial charge in [0.1, 0.15) is 12.4 Å². The van der Waals surface area contributed by atoms with Gasteiger partial charge in [-0.1, -0.05) is 40.2 Å². The minimum absolute atomic E-state index is 0.0296. The average Bonchev–Trinajstić information content (AvgIpc) is 3.41. The first-order chi connectivity index (χ1) is 14.5. The first kappa shape index (κ1) is 18.4. The Labute approximate surface area is 173 Å². The SMILES string of the molecule is O=C1[C@H]2N=NN(Cc3nc(-c4ccccc4Cl)no3)[C@H]2C(=O)N1c1cccc(F)c1. The van der Waals surface area contributed by atoms with Crippen molar-refractivity contribution in [3.05, 3.63) is 65.3 Å². The molecule has 1 fully saturated rings. The molecule has 11 heteroatoms. The molecule has 9 nitrogen and oxygen atoms in total. The fourth-order valence-electron chi connectivity index (χ4n) is 3.43. The zero-order valence-corrected chi connectivity index (χ0v) is 15.9. The van der Waals surface area contributed by atoms with E-state index in [0.717, 1.165) is 11.0 Å². The van der Waals surface area contributed by atoms with Crippen LogP contribution in [0.5, 0.6) is 0 Å². The number of carbonyl (C=O) groups excluding carboxylic acids is 2. The molecule has 0 unspecified atom stereocenters. The number of nitrogens with zero attached hydrogens (tertiary/aromatic N) is 6. The van der Waals surface area contributed by atoms with Gasteiger partial charge in [0.25, 0.3) is 11.8 Å². The number of aromatic nitrogens is 2. The third-order valence-electron chi connectivity index (χ3n) is 4.80. The Morgan fingerprint density at radius 2 is 1.93 bits per heavy atom. The normalized spacial score (nSPS) is 20.3. The Morgan fingerprint density at radius 3 is 2.73 bits per heavy atom. The van der Waals surface area contributed by atoms with E-state index < -0.39 is 29.7 Å². The molecule has 2 amide bonds. The summed E-state index contributed by atoms with van der Waals surface area (Å²) in [5.41, 5.74) is 0.743. The summed E-state index contributed by atoms with van der Waals surface area (Å²) in [5.74, 6) is -1.20. The number of amides is 2. The molecule has 0 N–H and O–H groups in total. The van der Waals surface area contributed by atoms with Crippen molar-refractivity contribution < 1.29 is 18.5 Å². The van der Waals surface area contributed by atoms with Gasteiger partial charge >= 0.3 is 0 Å². The minimum Gasteiger partial charge on any atom is -0.337 e. The second-order valence-electron chi connectivity index (χ2n) is 6.68. The van der Waals surface area contributed by atoms with Gasteiger partial charge in [-0.05, 0) is 30.3 Å². The smallest absolute Gasteiger partial charge is 0.263 e. The van der Waals surface area contributed by atoms with Gasteiger partial charge in [0, 0.05) is 5.56 Å². The molecule has 0 saturated carbocycles. The predicted molar refractivity (Wildman–Crippen MR) is 102 cm³/mol. The monoisotopic (exact) mass is 426 g/mol. The van der Waals surface area contributed by atoms with E-state index in [-0.39, 0.29) is 18.1 Å². The maximum absolute atomic E-state index is 13.6. The number of imide groups is 1. The van der Waals surface area contributed by atoms with Gasteiger partial charge < -0.3 is 4.52 Å². The van der Waals surface area contributed by atoms with Crippen molar-refractivity contribution in [2.45, 2.75) is 18.6 Å². The van der Waals surface area contributed by atoms with E-state index in [9.17, 15) is 14.0 Å². The van der Waals surface area contributed by atoms with E-state index in [1.807, 2.05) is 0 Å². The molecule has 3 aromatic rings. The standard InChI is InChI=1S/C19H12ClFN6O3/c20-13-7-2-1-6-12(13)17-22-14(30-24-17)9-26-16-15(23-25-26)18(28)27(19(16)29)11-5-3-4-10(21)8-11/h1-8,15-16H,9H2/t15-,16+/m0/s1. The fourth-order valence-corrected chi connectivity index (χ4v) is 3.65. The molecule has 1 aromatic heterocycles. The lowest BCUT2D eigenvalue weighted by Crippen LogP contribution is -2.39. The molecule has 2 aliphatic rings. The molecular weight excluding hydrogens is 415 g/mol. The van der Waals surface area contributed by atoms with Crippen LogP contribution >= 0.6 is 11.6 Å². The quantitative estimate of drug-likeness (QED) is 0.594. The summed E-state index contributed by atoms with van der Waals surface area (Å²) >= 11 is 6.15. The number of anilines is 1. The van der Waals surface area contributed by atoms with Crippen molar-refractivity contribution in [2.24, 2.45) is 10.3 Å². The highest BCUT2D eigenvalue weighted by Crippen LogP contribution is 2.33. The maximum atomic E-state index is 13.6. The summed E-state index contributed by atoms with van der Waals surface area (Å²) in [6.45, 7) is -0.0296. The van der Waals surface area contributed by atoms with E-state index in [1.54, 1.807) is 24.3 Å². The molecular formula is C19H12ClFN6O3. The average molecular weight is 427 g/mol. The Kier molecular flexibility index (Phi) is 4.28. The summed E-state index contributed by atoms with van der Waals surface area (Å²) in [6, 6.07) is 10.3. The van der Waals surface area contributed by atoms with E-state index in [4.69, 9.17) is 16.1 Å². The summed E-state index contributed by atoms with van der Waals surface area (Å²) < 4.78 is 18.8. The highest BCUT2D eigenvalue weighted by atomic mass is 35.5. The summed E-state index contributed by atoms with van der Waals surface area (Å²) in [7, 11) is 0. The summed E-state index contributed by atoms with van der Waals surface area (Å²) in [6.07, 6.45) is 0. The van der Waals surface area contributed by atoms with Crippen molar-refractivity contribution in [1.29, 1.82) is 0 Å². The second kappa shape index (κ2) is 6.99. The van der Waals surface area contributed by atoms with Gasteiger partial charge in [-0.3, -0.25) is 14.6 Å². The molecule has 1 saturated heterocycles. The fraction of sp³-hybridized carbons (Fsp3) is 0.158. The lowest BCUT2D eigenvalue weighted by Gasteiger charge is -2.19. The molecule has 2 aromatic carbocycles. The third-order valence-corrected chi connectivity index (χ3v) is 5.13. The van der Waals surface area contributed by atoms with Gasteiger partial charge in [0.05, 0.1) is 10.7 Å². The Hall–Kier alpha value is -3.66. The number of hydrogen-bond acceptors (Lipinski definition) is 8. The molecule has 30 heavy (non-hydrogen) atoms. The lowest BCUT2D eigenvalue weighted by molar-refractivity contribution is -0.123. The Morgan fingerprint density at radius 1 is 1.10 bits per heavy atom. The van der Waals surface area contributed by atoms with Crippen LogP contribution in [0.2, 0.25) is 5.02 Å². The maximum Gasteiger partial charge on any atom is 0.263 e. The number of carbonyl (C=O) groups is 2. The lowest BCUT2D eigenvalue weighted by atomic mass is 10.1. The number of fused-ring (bicyclic) bond motifs is 1. The van der Waals surface area contributed by atoms with Crippen LogP contribution in [0.4, 0.5) is 10.1 Å². The van der Waals surface area contributed by atoms with Crippen LogP contribution in [0, 0.1) is 5.82 Å². The number of hydrogen-bond donors (Lipinski definition) is 0. The van der Waals surface area contributed by atoms with Gasteiger partial charge in [-0.2, -0.15) is 10.1 Å². The first-order valence-corrected chi connectivity index (χ1v) is 9.29. The van der Waals surface area contributed by atoms with E-state index in [0.29, 0.717) is 16.4 Å². The minimum atomic E-state index is -1.01. The zero-order chi connectivity index (χ0) is 20.8. The number of benzene rings is 2. The Balaban J connectivity index is 1.38. The summed E-state index contributed by atoms with van der Waals surface area (Å²) in [5, 5.41) is 13.5. The van der Waals surface area contributed by atoms with Crippen LogP contribution in [0.1, 0.15) is 5.89 Å². The topological polar surface area (TPSA) is 104 Å². The highest BCUT2D eigenvalue weighted by molar-refractivity contribution is 6.33. The first-order valence-electron chi connectivity index (χ1n) is 8.91. The van der Waals surface area contributed by atoms with Gasteiger partial charge in [-0.15, -0.1) is 0 Å². The molecule has 2 aliphatic heterocycles. The van der Waals surface area contributed by atoms with Gasteiger partial charge in [-0.25, -0.2) is 9.29 Å². The van der Waals surface area contributed by atoms with Crippen LogP contribution in [0.15, 0.2) is 63.4 Å². The van der Waals surface area contributed by atoms with Gasteiger partial charge in [0.2, 0.25) is 11.7 Å². The molecule has 2 atom stereocenters. The van der Waals surface area contributed by atoms with E-state index >= 15 is 0 Å². The third kappa shape index (κ3) is 2.92. The van der Waals surface area contributed by atoms with Crippen LogP contribution in [0.3, 0.4) is 0 Å². The zero-order valence-electron chi connectivity index (χ0n) is 15.1. The second-order valence-corrected chi connectivity index (χ2v) is 7.08. The highest BCUT2D eigenvalue weighted by Gasteiger charge is 2.55. The number of halogens is 2. The van der Waals surface area contributed by atoms with Crippen LogP contribution in [-0.4, -0.2) is 39.0 Å². The van der Waals surface area contributed by atoms with Crippen molar-refractivity contribution in [3.63, 3.8) is 0 Å². The molecule has 0 spiro atoms. The predicted octanol–water partition coefficient (Wildman–Crippen LogP) is 3.02. The molecule has 5 rings (SSSR count). The van der Waals surface area contributed by atoms with E-state index in [1.165, 1.54) is 23.2 Å². The van der Waals surface area contributed by atoms with Crippen LogP contribution < -0.4 is 4.90 Å². The molecule has 0 aliphatic carbocycles. The van der Waals surface area contributed by atoms with Crippen LogP contribution in [-0.2, 0) is 16.1 Å². The van der Waals surface area contributed by atoms with Gasteiger partial charge in [0.15, 0.2) is 12.1 Å². The van der Waals surface area contributed by atoms with Crippen molar-refractivity contribution >= 4 is 29.1 Å². The van der Waals surface area contributed by atoms with Crippen molar-refractivity contribution in [3.8, 4) is 11.4 Å². The molecule has 3 heterocycles. The number of rotatable bonds is 4. The molecule has 0 bridgehead atoms. The van der Waals surface area contributed by atoms with E-state index in [2.05, 4.69) is 20.5 Å². The largest absolute Gasteiger partial charge is 0.337 e. The summed E-state index contributed by atoms with van der Waals surface area (Å²) in [4.78, 5) is 30.8. The Bertz CT molecular complexity index is 1200. The van der Waals surface area contributed by atoms with Crippen LogP contribution in [0.25, 0.3) is 11.4 Å². The molecule has 0 radical (unpaired) electrons. The van der Waals surface area contributed by atoms with Crippen molar-refractivity contribution in [2.75, 3.05) is 4.90 Å². The molecule has 150 valence electrons. The van der Waals surface area contributed by atoms with Crippen molar-refractivity contribution in [1.82, 2.24) is 15.1 Å².